The van der Waals surface area contributed by atoms with E-state index in [9.17, 15) is 14.7 Å². The van der Waals surface area contributed by atoms with Gasteiger partial charge in [0, 0.05) is 18.9 Å². The van der Waals surface area contributed by atoms with E-state index in [1.807, 2.05) is 55.4 Å². The minimum atomic E-state index is -1.12. The molecule has 1 atom stereocenters. The average Bonchev–Trinajstić information content (AvgIpc) is 3.17. The van der Waals surface area contributed by atoms with E-state index in [1.165, 1.54) is 0 Å². The second-order valence-corrected chi connectivity index (χ2v) is 8.86. The molecule has 1 aliphatic carbocycles. The molecule has 2 N–H and O–H groups in total. The van der Waals surface area contributed by atoms with Crippen LogP contribution in [0.4, 0.5) is 4.79 Å². The van der Waals surface area contributed by atoms with E-state index >= 15 is 0 Å². The summed E-state index contributed by atoms with van der Waals surface area (Å²) < 4.78 is 11.2. The van der Waals surface area contributed by atoms with Crippen LogP contribution in [-0.4, -0.2) is 62.0 Å². The lowest BCUT2D eigenvalue weighted by atomic mass is 9.98. The number of likely N-dealkylation sites (N-methyl/N-ethyl adjacent to an activating group) is 1. The van der Waals surface area contributed by atoms with Gasteiger partial charge in [-0.1, -0.05) is 60.7 Å². The molecule has 0 aliphatic heterocycles. The molecule has 0 unspecified atom stereocenters. The van der Waals surface area contributed by atoms with Crippen LogP contribution in [0.3, 0.4) is 0 Å². The molecular formula is C28H30N2O5. The fourth-order valence-electron chi connectivity index (χ4n) is 4.29. The number of carbonyl (C=O) groups is 2. The molecule has 0 saturated heterocycles. The number of carbonyl (C=O) groups excluding carboxylic acids is 1. The van der Waals surface area contributed by atoms with Gasteiger partial charge in [0.25, 0.3) is 0 Å². The predicted octanol–water partition coefficient (Wildman–Crippen LogP) is 4.16. The third-order valence-corrected chi connectivity index (χ3v) is 6.10. The molecule has 4 rings (SSSR count). The molecule has 0 radical (unpaired) electrons. The van der Waals surface area contributed by atoms with Crippen molar-refractivity contribution in [2.45, 2.75) is 18.4 Å². The summed E-state index contributed by atoms with van der Waals surface area (Å²) in [6.45, 7) is 1.49. The highest BCUT2D eigenvalue weighted by Crippen LogP contribution is 2.44. The number of alkyl carbamates (subject to hydrolysis) is 1. The summed E-state index contributed by atoms with van der Waals surface area (Å²) in [5, 5.41) is 12.1. The summed E-state index contributed by atoms with van der Waals surface area (Å²) in [6, 6.07) is 22.2. The lowest BCUT2D eigenvalue weighted by Gasteiger charge is -2.18. The fourth-order valence-corrected chi connectivity index (χ4v) is 4.29. The van der Waals surface area contributed by atoms with Gasteiger partial charge in [0.15, 0.2) is 0 Å². The number of hydrogen-bond acceptors (Lipinski definition) is 5. The molecule has 0 saturated carbocycles. The van der Waals surface area contributed by atoms with Crippen LogP contribution in [0, 0.1) is 0 Å². The summed E-state index contributed by atoms with van der Waals surface area (Å²) in [4.78, 5) is 26.4. The number of benzene rings is 3. The Labute approximate surface area is 205 Å². The second-order valence-electron chi connectivity index (χ2n) is 8.86. The quantitative estimate of drug-likeness (QED) is 0.459. The minimum Gasteiger partial charge on any atom is -0.492 e. The van der Waals surface area contributed by atoms with E-state index in [2.05, 4.69) is 17.4 Å². The topological polar surface area (TPSA) is 88.1 Å². The minimum absolute atomic E-state index is 0.0866. The molecule has 7 heteroatoms. The highest BCUT2D eigenvalue weighted by Gasteiger charge is 2.29. The maximum atomic E-state index is 12.5. The van der Waals surface area contributed by atoms with Gasteiger partial charge in [-0.25, -0.2) is 9.59 Å². The van der Waals surface area contributed by atoms with Crippen LogP contribution in [0.1, 0.15) is 22.6 Å². The third kappa shape index (κ3) is 6.00. The second kappa shape index (κ2) is 11.1. The number of carboxylic acid groups (broad SMARTS) is 1. The van der Waals surface area contributed by atoms with Crippen molar-refractivity contribution in [1.82, 2.24) is 10.2 Å². The fraction of sp³-hybridized carbons (Fsp3) is 0.286. The molecule has 0 fully saturated rings. The standard InChI is InChI=1S/C28H30N2O5/c1-30(2)15-16-34-20-13-11-19(12-14-20)17-26(27(31)32)29-28(33)35-18-25-23-9-5-3-7-21(23)22-8-4-6-10-24(22)25/h3-14,25-26H,15-18H2,1-2H3,(H,29,33)(H,31,32)/t26-/m0/s1. The number of nitrogens with one attached hydrogen (secondary N) is 1. The number of aliphatic carboxylic acids is 1. The normalized spacial score (nSPS) is 13.1. The number of ether oxygens (including phenoxy) is 2. The van der Waals surface area contributed by atoms with Gasteiger partial charge in [0.2, 0.25) is 0 Å². The molecule has 0 bridgehead atoms. The predicted molar refractivity (Wildman–Crippen MR) is 134 cm³/mol. The molecule has 35 heavy (non-hydrogen) atoms. The van der Waals surface area contributed by atoms with Gasteiger partial charge in [-0.15, -0.1) is 0 Å². The van der Waals surface area contributed by atoms with E-state index in [-0.39, 0.29) is 18.9 Å². The average molecular weight is 475 g/mol. The van der Waals surface area contributed by atoms with Gasteiger partial charge in [0.1, 0.15) is 25.0 Å². The van der Waals surface area contributed by atoms with Gasteiger partial charge in [-0.3, -0.25) is 0 Å². The van der Waals surface area contributed by atoms with Crippen LogP contribution in [0.2, 0.25) is 0 Å². The first-order valence-corrected chi connectivity index (χ1v) is 11.6. The van der Waals surface area contributed by atoms with Crippen molar-refractivity contribution in [2.75, 3.05) is 33.9 Å². The number of amides is 1. The van der Waals surface area contributed by atoms with Crippen molar-refractivity contribution < 1.29 is 24.2 Å². The van der Waals surface area contributed by atoms with Gasteiger partial charge >= 0.3 is 12.1 Å². The maximum absolute atomic E-state index is 12.5. The van der Waals surface area contributed by atoms with Crippen LogP contribution >= 0.6 is 0 Å². The Morgan fingerprint density at radius 2 is 1.54 bits per heavy atom. The van der Waals surface area contributed by atoms with Gasteiger partial charge < -0.3 is 24.8 Å². The van der Waals surface area contributed by atoms with Crippen LogP contribution in [0.15, 0.2) is 72.8 Å². The molecule has 182 valence electrons. The van der Waals surface area contributed by atoms with Crippen LogP contribution < -0.4 is 10.1 Å². The Morgan fingerprint density at radius 3 is 2.11 bits per heavy atom. The Bertz CT molecular complexity index is 1130. The molecular weight excluding hydrogens is 444 g/mol. The van der Waals surface area contributed by atoms with Crippen LogP contribution in [-0.2, 0) is 16.0 Å². The first-order chi connectivity index (χ1) is 16.9. The Kier molecular flexibility index (Phi) is 7.67. The summed E-state index contributed by atoms with van der Waals surface area (Å²) in [5.74, 6) is -0.492. The van der Waals surface area contributed by atoms with Crippen LogP contribution in [0.25, 0.3) is 11.1 Å². The molecule has 1 aliphatic rings. The van der Waals surface area contributed by atoms with Gasteiger partial charge in [-0.2, -0.15) is 0 Å². The van der Waals surface area contributed by atoms with E-state index in [1.54, 1.807) is 24.3 Å². The number of nitrogens with zero attached hydrogens (tertiary/aromatic N) is 1. The molecule has 0 heterocycles. The smallest absolute Gasteiger partial charge is 0.407 e. The Balaban J connectivity index is 1.34. The van der Waals surface area contributed by atoms with E-state index in [4.69, 9.17) is 9.47 Å². The number of rotatable bonds is 10. The maximum Gasteiger partial charge on any atom is 0.407 e. The highest BCUT2D eigenvalue weighted by molar-refractivity contribution is 5.81. The zero-order valence-electron chi connectivity index (χ0n) is 19.9. The van der Waals surface area contributed by atoms with E-state index < -0.39 is 18.1 Å². The Hall–Kier alpha value is -3.84. The molecule has 0 aromatic heterocycles. The number of fused-ring (bicyclic) bond motifs is 3. The monoisotopic (exact) mass is 474 g/mol. The Morgan fingerprint density at radius 1 is 0.943 bits per heavy atom. The summed E-state index contributed by atoms with van der Waals surface area (Å²) in [6.07, 6.45) is -0.611. The molecule has 3 aromatic rings. The zero-order chi connectivity index (χ0) is 24.8. The molecule has 0 spiro atoms. The van der Waals surface area contributed by atoms with Crippen molar-refractivity contribution in [1.29, 1.82) is 0 Å². The number of hydrogen-bond donors (Lipinski definition) is 2. The van der Waals surface area contributed by atoms with E-state index in [0.717, 1.165) is 34.4 Å². The van der Waals surface area contributed by atoms with Crippen LogP contribution in [0.5, 0.6) is 5.75 Å². The number of carboxylic acids is 1. The first-order valence-electron chi connectivity index (χ1n) is 11.6. The largest absolute Gasteiger partial charge is 0.492 e. The molecule has 1 amide bonds. The van der Waals surface area contributed by atoms with Crippen molar-refractivity contribution in [3.63, 3.8) is 0 Å². The highest BCUT2D eigenvalue weighted by atomic mass is 16.5. The summed E-state index contributed by atoms with van der Waals surface area (Å²) >= 11 is 0. The van der Waals surface area contributed by atoms with Crippen molar-refractivity contribution in [3.8, 4) is 16.9 Å². The van der Waals surface area contributed by atoms with E-state index in [0.29, 0.717) is 12.4 Å². The lowest BCUT2D eigenvalue weighted by molar-refractivity contribution is -0.139. The SMILES string of the molecule is CN(C)CCOc1ccc(C[C@H](NC(=O)OCC2c3ccccc3-c3ccccc32)C(=O)O)cc1. The van der Waals surface area contributed by atoms with Crippen molar-refractivity contribution in [2.24, 2.45) is 0 Å². The first kappa shape index (κ1) is 24.3. The lowest BCUT2D eigenvalue weighted by Crippen LogP contribution is -2.42. The van der Waals surface area contributed by atoms with Gasteiger partial charge in [-0.05, 0) is 54.0 Å². The molecule has 7 nitrogen and oxygen atoms in total. The third-order valence-electron chi connectivity index (χ3n) is 6.10. The summed E-state index contributed by atoms with van der Waals surface area (Å²) in [5.41, 5.74) is 5.24. The van der Waals surface area contributed by atoms with Crippen molar-refractivity contribution in [3.05, 3.63) is 89.5 Å². The zero-order valence-corrected chi connectivity index (χ0v) is 19.9. The van der Waals surface area contributed by atoms with Gasteiger partial charge in [0.05, 0.1) is 0 Å². The van der Waals surface area contributed by atoms with Crippen molar-refractivity contribution >= 4 is 12.1 Å². The summed E-state index contributed by atoms with van der Waals surface area (Å²) in [7, 11) is 3.95. The molecule has 3 aromatic carbocycles.